The first kappa shape index (κ1) is 16.9. The zero-order valence-corrected chi connectivity index (χ0v) is 14.7. The van der Waals surface area contributed by atoms with Gasteiger partial charge in [-0.1, -0.05) is 19.3 Å². The van der Waals surface area contributed by atoms with Crippen molar-refractivity contribution < 1.29 is 18.3 Å². The Morgan fingerprint density at radius 2 is 2.05 bits per heavy atom. The number of nitrogens with one attached hydrogen (secondary N) is 1. The van der Waals surface area contributed by atoms with E-state index in [4.69, 9.17) is 5.11 Å². The van der Waals surface area contributed by atoms with Gasteiger partial charge < -0.3 is 5.11 Å². The standard InChI is InChI=1S/C13H18BrNO4S2/c14-10-4-7-20-12(10)21(18,19)15-9-13(8-11(16)17)5-2-1-3-6-13/h4,7,15H,1-3,5-6,8-9H2,(H,16,17). The van der Waals surface area contributed by atoms with Gasteiger partial charge in [0.25, 0.3) is 10.0 Å². The van der Waals surface area contributed by atoms with E-state index in [1.54, 1.807) is 11.4 Å². The van der Waals surface area contributed by atoms with Crippen molar-refractivity contribution in [1.82, 2.24) is 4.72 Å². The molecule has 1 aromatic rings. The van der Waals surface area contributed by atoms with E-state index in [0.29, 0.717) is 4.47 Å². The van der Waals surface area contributed by atoms with Crippen molar-refractivity contribution >= 4 is 43.3 Å². The Balaban J connectivity index is 2.11. The quantitative estimate of drug-likeness (QED) is 0.774. The van der Waals surface area contributed by atoms with Crippen LogP contribution in [0.2, 0.25) is 0 Å². The lowest BCUT2D eigenvalue weighted by atomic mass is 9.72. The van der Waals surface area contributed by atoms with Crippen molar-refractivity contribution in [2.24, 2.45) is 5.41 Å². The van der Waals surface area contributed by atoms with Gasteiger partial charge in [0, 0.05) is 11.0 Å². The fraction of sp³-hybridized carbons (Fsp3) is 0.615. The van der Waals surface area contributed by atoms with Gasteiger partial charge in [-0.15, -0.1) is 11.3 Å². The van der Waals surface area contributed by atoms with Crippen LogP contribution in [0.25, 0.3) is 0 Å². The summed E-state index contributed by atoms with van der Waals surface area (Å²) in [5.74, 6) is -0.867. The highest BCUT2D eigenvalue weighted by molar-refractivity contribution is 9.10. The van der Waals surface area contributed by atoms with Crippen molar-refractivity contribution in [2.75, 3.05) is 6.54 Å². The van der Waals surface area contributed by atoms with Gasteiger partial charge in [0.15, 0.2) is 0 Å². The van der Waals surface area contributed by atoms with E-state index in [-0.39, 0.29) is 17.2 Å². The minimum atomic E-state index is -3.59. The minimum absolute atomic E-state index is 0.0150. The normalized spacial score (nSPS) is 18.5. The van der Waals surface area contributed by atoms with Gasteiger partial charge in [0.1, 0.15) is 4.21 Å². The third kappa shape index (κ3) is 4.28. The van der Waals surface area contributed by atoms with Crippen molar-refractivity contribution in [3.63, 3.8) is 0 Å². The molecule has 1 aromatic heterocycles. The van der Waals surface area contributed by atoms with Crippen molar-refractivity contribution in [3.8, 4) is 0 Å². The number of sulfonamides is 1. The summed E-state index contributed by atoms with van der Waals surface area (Å²) in [7, 11) is -3.59. The van der Waals surface area contributed by atoms with Crippen LogP contribution in [-0.4, -0.2) is 26.0 Å². The third-order valence-corrected chi connectivity index (χ3v) is 7.98. The largest absolute Gasteiger partial charge is 0.481 e. The van der Waals surface area contributed by atoms with Gasteiger partial charge in [-0.05, 0) is 45.6 Å². The Morgan fingerprint density at radius 1 is 1.38 bits per heavy atom. The number of halogens is 1. The smallest absolute Gasteiger partial charge is 0.303 e. The van der Waals surface area contributed by atoms with Crippen LogP contribution in [0.15, 0.2) is 20.1 Å². The Labute approximate surface area is 136 Å². The lowest BCUT2D eigenvalue weighted by molar-refractivity contribution is -0.140. The molecule has 0 aliphatic heterocycles. The van der Waals surface area contributed by atoms with E-state index >= 15 is 0 Å². The fourth-order valence-corrected chi connectivity index (χ4v) is 6.36. The van der Waals surface area contributed by atoms with E-state index in [1.165, 1.54) is 0 Å². The Bertz CT molecular complexity index is 605. The second-order valence-corrected chi connectivity index (χ2v) is 9.24. The maximum absolute atomic E-state index is 12.3. The minimum Gasteiger partial charge on any atom is -0.481 e. The van der Waals surface area contributed by atoms with Crippen molar-refractivity contribution in [2.45, 2.75) is 42.7 Å². The predicted octanol–water partition coefficient (Wildman–Crippen LogP) is 3.21. The number of thiophene rings is 1. The molecule has 0 saturated heterocycles. The number of carboxylic acids is 1. The lowest BCUT2D eigenvalue weighted by Gasteiger charge is -2.36. The second-order valence-electron chi connectivity index (χ2n) is 5.51. The van der Waals surface area contributed by atoms with E-state index in [2.05, 4.69) is 20.7 Å². The maximum atomic E-state index is 12.3. The first-order valence-electron chi connectivity index (χ1n) is 6.79. The molecule has 2 rings (SSSR count). The van der Waals surface area contributed by atoms with E-state index in [9.17, 15) is 13.2 Å². The molecule has 0 spiro atoms. The van der Waals surface area contributed by atoms with E-state index in [0.717, 1.165) is 43.4 Å². The van der Waals surface area contributed by atoms with Gasteiger partial charge in [-0.3, -0.25) is 4.79 Å². The number of aliphatic carboxylic acids is 1. The summed E-state index contributed by atoms with van der Waals surface area (Å²) in [6, 6.07) is 1.69. The van der Waals surface area contributed by atoms with Crippen LogP contribution < -0.4 is 4.72 Å². The predicted molar refractivity (Wildman–Crippen MR) is 85.0 cm³/mol. The molecule has 8 heteroatoms. The number of carboxylic acid groups (broad SMARTS) is 1. The van der Waals surface area contributed by atoms with Gasteiger partial charge in [-0.2, -0.15) is 0 Å². The first-order chi connectivity index (χ1) is 9.85. The summed E-state index contributed by atoms with van der Waals surface area (Å²) >= 11 is 4.36. The molecule has 5 nitrogen and oxygen atoms in total. The number of rotatable bonds is 6. The molecule has 21 heavy (non-hydrogen) atoms. The van der Waals surface area contributed by atoms with E-state index < -0.39 is 21.4 Å². The highest BCUT2D eigenvalue weighted by Crippen LogP contribution is 2.39. The molecule has 0 aromatic carbocycles. The molecular formula is C13H18BrNO4S2. The summed E-state index contributed by atoms with van der Waals surface area (Å²) in [5, 5.41) is 10.8. The summed E-state index contributed by atoms with van der Waals surface area (Å²) in [5.41, 5.74) is -0.457. The molecular weight excluding hydrogens is 378 g/mol. The molecule has 0 radical (unpaired) electrons. The van der Waals surface area contributed by atoms with Gasteiger partial charge in [-0.25, -0.2) is 13.1 Å². The molecule has 1 aliphatic rings. The summed E-state index contributed by atoms with van der Waals surface area (Å²) in [4.78, 5) is 11.1. The van der Waals surface area contributed by atoms with Crippen LogP contribution in [0.1, 0.15) is 38.5 Å². The number of hydrogen-bond acceptors (Lipinski definition) is 4. The molecule has 0 atom stereocenters. The molecule has 118 valence electrons. The number of hydrogen-bond donors (Lipinski definition) is 2. The lowest BCUT2D eigenvalue weighted by Crippen LogP contribution is -2.40. The zero-order chi connectivity index (χ0) is 15.5. The third-order valence-electron chi connectivity index (χ3n) is 3.91. The highest BCUT2D eigenvalue weighted by Gasteiger charge is 2.36. The summed E-state index contributed by atoms with van der Waals surface area (Å²) < 4.78 is 28.0. The maximum Gasteiger partial charge on any atom is 0.303 e. The van der Waals surface area contributed by atoms with Gasteiger partial charge >= 0.3 is 5.97 Å². The Hall–Kier alpha value is -0.440. The van der Waals surface area contributed by atoms with Crippen LogP contribution in [0.3, 0.4) is 0 Å². The van der Waals surface area contributed by atoms with Crippen molar-refractivity contribution in [3.05, 3.63) is 15.9 Å². The van der Waals surface area contributed by atoms with Gasteiger partial charge in [0.2, 0.25) is 0 Å². The molecule has 2 N–H and O–H groups in total. The van der Waals surface area contributed by atoms with Crippen LogP contribution >= 0.6 is 27.3 Å². The average molecular weight is 396 g/mol. The molecule has 0 bridgehead atoms. The summed E-state index contributed by atoms with van der Waals surface area (Å²) in [6.07, 6.45) is 4.53. The molecule has 1 aliphatic carbocycles. The fourth-order valence-electron chi connectivity index (χ4n) is 2.82. The van der Waals surface area contributed by atoms with Crippen molar-refractivity contribution in [1.29, 1.82) is 0 Å². The highest BCUT2D eigenvalue weighted by atomic mass is 79.9. The first-order valence-corrected chi connectivity index (χ1v) is 9.95. The molecule has 1 heterocycles. The zero-order valence-electron chi connectivity index (χ0n) is 11.5. The van der Waals surface area contributed by atoms with Gasteiger partial charge in [0.05, 0.1) is 6.42 Å². The second kappa shape index (κ2) is 6.76. The molecule has 0 unspecified atom stereocenters. The number of carbonyl (C=O) groups is 1. The Morgan fingerprint density at radius 3 is 2.57 bits per heavy atom. The topological polar surface area (TPSA) is 83.5 Å². The monoisotopic (exact) mass is 395 g/mol. The SMILES string of the molecule is O=C(O)CC1(CNS(=O)(=O)c2sccc2Br)CCCCC1. The molecule has 1 fully saturated rings. The van der Waals surface area contributed by atoms with Crippen LogP contribution in [0.4, 0.5) is 0 Å². The Kier molecular flexibility index (Phi) is 5.45. The molecule has 1 saturated carbocycles. The van der Waals surface area contributed by atoms with Crippen LogP contribution in [0, 0.1) is 5.41 Å². The summed E-state index contributed by atoms with van der Waals surface area (Å²) in [6.45, 7) is 0.186. The average Bonchev–Trinajstić information content (AvgIpc) is 2.84. The van der Waals surface area contributed by atoms with Crippen LogP contribution in [0.5, 0.6) is 0 Å². The van der Waals surface area contributed by atoms with E-state index in [1.807, 2.05) is 0 Å². The van der Waals surface area contributed by atoms with Crippen LogP contribution in [-0.2, 0) is 14.8 Å². The molecule has 0 amide bonds.